The van der Waals surface area contributed by atoms with Crippen LogP contribution in [-0.4, -0.2) is 27.7 Å². The van der Waals surface area contributed by atoms with Crippen molar-refractivity contribution in [2.45, 2.75) is 26.4 Å². The first kappa shape index (κ1) is 17.0. The van der Waals surface area contributed by atoms with Crippen LogP contribution >= 0.6 is 11.3 Å². The molecule has 0 saturated carbocycles. The summed E-state index contributed by atoms with van der Waals surface area (Å²) in [6.07, 6.45) is 0. The van der Waals surface area contributed by atoms with Crippen molar-refractivity contribution in [3.63, 3.8) is 0 Å². The second-order valence-electron chi connectivity index (χ2n) is 6.47. The normalized spacial score (nSPS) is 11.5. The number of carbonyl (C=O) groups excluding carboxylic acids is 2. The predicted octanol–water partition coefficient (Wildman–Crippen LogP) is 3.41. The standard InChI is InChI=1S/C17H18N4O3S/c1-17(2,3)24-16(23)12-8-10-13(20-21-15(10)25-12)19-14(22)9-6-4-5-7-11(9)18/h4-8H,18H2,1-3H3,(H2,19,20,21,22). The van der Waals surface area contributed by atoms with E-state index >= 15 is 0 Å². The molecule has 0 atom stereocenters. The smallest absolute Gasteiger partial charge is 0.348 e. The zero-order chi connectivity index (χ0) is 18.2. The van der Waals surface area contributed by atoms with E-state index in [9.17, 15) is 9.59 Å². The Labute approximate surface area is 148 Å². The average molecular weight is 358 g/mol. The first-order valence-electron chi connectivity index (χ1n) is 7.62. The van der Waals surface area contributed by atoms with Gasteiger partial charge in [0.25, 0.3) is 5.91 Å². The van der Waals surface area contributed by atoms with Crippen molar-refractivity contribution >= 4 is 44.9 Å². The number of esters is 1. The molecule has 8 heteroatoms. The molecule has 2 heterocycles. The number of amides is 1. The second kappa shape index (κ2) is 6.21. The predicted molar refractivity (Wildman–Crippen MR) is 97.9 cm³/mol. The van der Waals surface area contributed by atoms with Crippen LogP contribution in [0.5, 0.6) is 0 Å². The van der Waals surface area contributed by atoms with E-state index in [1.54, 1.807) is 30.3 Å². The van der Waals surface area contributed by atoms with Gasteiger partial charge in [-0.05, 0) is 39.0 Å². The maximum absolute atomic E-state index is 12.4. The van der Waals surface area contributed by atoms with Gasteiger partial charge in [0.15, 0.2) is 5.82 Å². The first-order chi connectivity index (χ1) is 11.7. The molecule has 0 aliphatic heterocycles. The minimum atomic E-state index is -0.574. The number of fused-ring (bicyclic) bond motifs is 1. The summed E-state index contributed by atoms with van der Waals surface area (Å²) in [7, 11) is 0. The Hall–Kier alpha value is -2.87. The van der Waals surface area contributed by atoms with Gasteiger partial charge in [0.05, 0.1) is 10.9 Å². The van der Waals surface area contributed by atoms with Gasteiger partial charge >= 0.3 is 5.97 Å². The van der Waals surface area contributed by atoms with E-state index in [2.05, 4.69) is 15.5 Å². The summed E-state index contributed by atoms with van der Waals surface area (Å²) in [5.41, 5.74) is 5.99. The summed E-state index contributed by atoms with van der Waals surface area (Å²) < 4.78 is 5.36. The summed E-state index contributed by atoms with van der Waals surface area (Å²) in [4.78, 5) is 25.7. The molecule has 2 aromatic heterocycles. The summed E-state index contributed by atoms with van der Waals surface area (Å²) >= 11 is 1.22. The van der Waals surface area contributed by atoms with Crippen LogP contribution < -0.4 is 11.1 Å². The molecule has 1 amide bonds. The highest BCUT2D eigenvalue weighted by molar-refractivity contribution is 7.20. The number of nitrogens with zero attached hydrogens (tertiary/aromatic N) is 1. The number of rotatable bonds is 3. The largest absolute Gasteiger partial charge is 0.456 e. The van der Waals surface area contributed by atoms with Crippen molar-refractivity contribution in [2.75, 3.05) is 11.1 Å². The van der Waals surface area contributed by atoms with Gasteiger partial charge in [0, 0.05) is 5.69 Å². The molecular formula is C17H18N4O3S. The number of nitrogen functional groups attached to an aromatic ring is 1. The molecule has 0 fully saturated rings. The lowest BCUT2D eigenvalue weighted by Crippen LogP contribution is -2.23. The summed E-state index contributed by atoms with van der Waals surface area (Å²) in [5.74, 6) is -0.433. The van der Waals surface area contributed by atoms with Crippen LogP contribution in [-0.2, 0) is 4.74 Å². The summed E-state index contributed by atoms with van der Waals surface area (Å²) in [6, 6.07) is 8.43. The number of hydrogen-bond donors (Lipinski definition) is 3. The van der Waals surface area contributed by atoms with Crippen molar-refractivity contribution < 1.29 is 14.3 Å². The number of benzene rings is 1. The number of anilines is 2. The van der Waals surface area contributed by atoms with Crippen LogP contribution in [0.25, 0.3) is 10.2 Å². The first-order valence-corrected chi connectivity index (χ1v) is 8.43. The van der Waals surface area contributed by atoms with Crippen LogP contribution in [0.3, 0.4) is 0 Å². The topological polar surface area (TPSA) is 110 Å². The molecule has 3 rings (SSSR count). The van der Waals surface area contributed by atoms with E-state index in [0.29, 0.717) is 32.2 Å². The van der Waals surface area contributed by atoms with E-state index in [4.69, 9.17) is 10.5 Å². The fraction of sp³-hybridized carbons (Fsp3) is 0.235. The lowest BCUT2D eigenvalue weighted by Gasteiger charge is -2.18. The van der Waals surface area contributed by atoms with Gasteiger partial charge in [-0.2, -0.15) is 5.10 Å². The molecule has 0 aliphatic rings. The highest BCUT2D eigenvalue weighted by Crippen LogP contribution is 2.30. The van der Waals surface area contributed by atoms with Gasteiger partial charge in [-0.1, -0.05) is 12.1 Å². The molecular weight excluding hydrogens is 340 g/mol. The van der Waals surface area contributed by atoms with Crippen LogP contribution in [0.2, 0.25) is 0 Å². The van der Waals surface area contributed by atoms with E-state index < -0.39 is 11.6 Å². The average Bonchev–Trinajstić information content (AvgIpc) is 3.08. The number of nitrogens with one attached hydrogen (secondary N) is 2. The third-order valence-electron chi connectivity index (χ3n) is 3.29. The van der Waals surface area contributed by atoms with E-state index in [1.807, 2.05) is 20.8 Å². The van der Waals surface area contributed by atoms with Crippen molar-refractivity contribution in [3.05, 3.63) is 40.8 Å². The summed E-state index contributed by atoms with van der Waals surface area (Å²) in [6.45, 7) is 5.42. The minimum absolute atomic E-state index is 0.342. The number of carbonyl (C=O) groups is 2. The van der Waals surface area contributed by atoms with Crippen LogP contribution in [0, 0.1) is 0 Å². The fourth-order valence-corrected chi connectivity index (χ4v) is 3.10. The Morgan fingerprint density at radius 2 is 2.00 bits per heavy atom. The molecule has 7 nitrogen and oxygen atoms in total. The van der Waals surface area contributed by atoms with E-state index in [1.165, 1.54) is 11.3 Å². The van der Waals surface area contributed by atoms with E-state index in [0.717, 1.165) is 0 Å². The SMILES string of the molecule is CC(C)(C)OC(=O)c1cc2c(NC(=O)c3ccccc3N)n[nH]c2s1. The van der Waals surface area contributed by atoms with Gasteiger partial charge in [-0.3, -0.25) is 9.89 Å². The molecule has 0 radical (unpaired) electrons. The second-order valence-corrected chi connectivity index (χ2v) is 7.52. The molecule has 130 valence electrons. The lowest BCUT2D eigenvalue weighted by atomic mass is 10.1. The van der Waals surface area contributed by atoms with Crippen molar-refractivity contribution in [1.82, 2.24) is 10.2 Å². The zero-order valence-electron chi connectivity index (χ0n) is 14.0. The molecule has 25 heavy (non-hydrogen) atoms. The Morgan fingerprint density at radius 1 is 1.28 bits per heavy atom. The zero-order valence-corrected chi connectivity index (χ0v) is 14.9. The molecule has 0 saturated heterocycles. The molecule has 1 aromatic carbocycles. The minimum Gasteiger partial charge on any atom is -0.456 e. The third kappa shape index (κ3) is 3.63. The molecule has 0 unspecified atom stereocenters. The lowest BCUT2D eigenvalue weighted by molar-refractivity contribution is 0.00752. The highest BCUT2D eigenvalue weighted by Gasteiger charge is 2.22. The molecule has 3 aromatic rings. The third-order valence-corrected chi connectivity index (χ3v) is 4.31. The number of thiophene rings is 1. The van der Waals surface area contributed by atoms with E-state index in [-0.39, 0.29) is 5.91 Å². The molecule has 0 bridgehead atoms. The van der Waals surface area contributed by atoms with Crippen molar-refractivity contribution in [3.8, 4) is 0 Å². The monoisotopic (exact) mass is 358 g/mol. The van der Waals surface area contributed by atoms with Gasteiger partial charge in [0.1, 0.15) is 15.3 Å². The van der Waals surface area contributed by atoms with Crippen molar-refractivity contribution in [2.24, 2.45) is 0 Å². The number of aromatic amines is 1. The maximum Gasteiger partial charge on any atom is 0.348 e. The van der Waals surface area contributed by atoms with Gasteiger partial charge < -0.3 is 15.8 Å². The van der Waals surface area contributed by atoms with Gasteiger partial charge in [-0.15, -0.1) is 11.3 Å². The molecule has 4 N–H and O–H groups in total. The Kier molecular flexibility index (Phi) is 4.22. The van der Waals surface area contributed by atoms with Crippen LogP contribution in [0.1, 0.15) is 40.8 Å². The Morgan fingerprint density at radius 3 is 2.68 bits per heavy atom. The number of aromatic nitrogens is 2. The number of para-hydroxylation sites is 1. The number of nitrogens with two attached hydrogens (primary N) is 1. The molecule has 0 spiro atoms. The number of ether oxygens (including phenoxy) is 1. The van der Waals surface area contributed by atoms with Gasteiger partial charge in [-0.25, -0.2) is 4.79 Å². The maximum atomic E-state index is 12.4. The van der Waals surface area contributed by atoms with Gasteiger partial charge in [0.2, 0.25) is 0 Å². The quantitative estimate of drug-likeness (QED) is 0.491. The Bertz CT molecular complexity index is 952. The van der Waals surface area contributed by atoms with Crippen LogP contribution in [0.4, 0.5) is 11.5 Å². The van der Waals surface area contributed by atoms with Crippen molar-refractivity contribution in [1.29, 1.82) is 0 Å². The van der Waals surface area contributed by atoms with Crippen LogP contribution in [0.15, 0.2) is 30.3 Å². The highest BCUT2D eigenvalue weighted by atomic mass is 32.1. The Balaban J connectivity index is 1.85. The fourth-order valence-electron chi connectivity index (χ4n) is 2.22. The number of H-pyrrole nitrogens is 1. The summed E-state index contributed by atoms with van der Waals surface area (Å²) in [5, 5.41) is 10.3. The molecule has 0 aliphatic carbocycles. The number of hydrogen-bond acceptors (Lipinski definition) is 6.